The van der Waals surface area contributed by atoms with Crippen LogP contribution in [-0.4, -0.2) is 27.2 Å². The first kappa shape index (κ1) is 13.8. The third kappa shape index (κ3) is 2.96. The maximum atomic E-state index is 12.2. The van der Waals surface area contributed by atoms with Crippen molar-refractivity contribution in [3.63, 3.8) is 0 Å². The van der Waals surface area contributed by atoms with Crippen molar-refractivity contribution < 1.29 is 4.79 Å². The van der Waals surface area contributed by atoms with Crippen molar-refractivity contribution in [2.75, 3.05) is 6.54 Å². The Labute approximate surface area is 124 Å². The monoisotopic (exact) mass is 284 g/mol. The minimum Gasteiger partial charge on any atom is -0.354 e. The molecule has 1 aromatic carbocycles. The molecule has 1 aliphatic rings. The second-order valence-corrected chi connectivity index (χ2v) is 5.67. The zero-order valence-corrected chi connectivity index (χ0v) is 12.4. The summed E-state index contributed by atoms with van der Waals surface area (Å²) in [4.78, 5) is 12.2. The van der Waals surface area contributed by atoms with Gasteiger partial charge in [0, 0.05) is 19.0 Å². The number of aryl methyl sites for hydroxylation is 2. The molecular weight excluding hydrogens is 264 g/mol. The van der Waals surface area contributed by atoms with Gasteiger partial charge in [-0.15, -0.1) is 10.2 Å². The maximum absolute atomic E-state index is 12.2. The summed E-state index contributed by atoms with van der Waals surface area (Å²) in [5.74, 6) is 1.55. The minimum atomic E-state index is 0.133. The summed E-state index contributed by atoms with van der Waals surface area (Å²) in [7, 11) is 0. The molecule has 21 heavy (non-hydrogen) atoms. The molecule has 0 radical (unpaired) electrons. The molecule has 1 amide bonds. The number of benzene rings is 1. The molecule has 1 aromatic heterocycles. The van der Waals surface area contributed by atoms with E-state index in [1.54, 1.807) is 6.33 Å². The lowest BCUT2D eigenvalue weighted by molar-refractivity contribution is -0.122. The fraction of sp³-hybridized carbons (Fsp3) is 0.438. The number of carbonyl (C=O) groups excluding carboxylic acids is 1. The molecule has 1 saturated carbocycles. The van der Waals surface area contributed by atoms with Crippen molar-refractivity contribution in [3.05, 3.63) is 47.5 Å². The van der Waals surface area contributed by atoms with Crippen molar-refractivity contribution in [1.29, 1.82) is 0 Å². The van der Waals surface area contributed by atoms with E-state index in [-0.39, 0.29) is 11.8 Å². The predicted molar refractivity (Wildman–Crippen MR) is 79.8 cm³/mol. The number of rotatable bonds is 5. The van der Waals surface area contributed by atoms with E-state index in [0.29, 0.717) is 19.0 Å². The van der Waals surface area contributed by atoms with E-state index >= 15 is 0 Å². The number of amides is 1. The Hall–Kier alpha value is -2.17. The summed E-state index contributed by atoms with van der Waals surface area (Å²) < 4.78 is 1.94. The molecule has 0 saturated heterocycles. The summed E-state index contributed by atoms with van der Waals surface area (Å²) in [6.45, 7) is 5.35. The predicted octanol–water partition coefficient (Wildman–Crippen LogP) is 1.81. The van der Waals surface area contributed by atoms with Gasteiger partial charge in [0.2, 0.25) is 5.91 Å². The van der Waals surface area contributed by atoms with Gasteiger partial charge in [-0.2, -0.15) is 0 Å². The smallest absolute Gasteiger partial charge is 0.223 e. The van der Waals surface area contributed by atoms with Crippen LogP contribution in [0.15, 0.2) is 30.6 Å². The number of nitrogens with zero attached hydrogens (tertiary/aromatic N) is 3. The van der Waals surface area contributed by atoms with Gasteiger partial charge in [0.15, 0.2) is 0 Å². The van der Waals surface area contributed by atoms with Crippen LogP contribution < -0.4 is 5.32 Å². The normalized spacial score (nSPS) is 20.3. The van der Waals surface area contributed by atoms with Gasteiger partial charge in [0.05, 0.1) is 0 Å². The van der Waals surface area contributed by atoms with Crippen LogP contribution in [0.3, 0.4) is 0 Å². The topological polar surface area (TPSA) is 59.8 Å². The molecule has 1 N–H and O–H groups in total. The third-order valence-electron chi connectivity index (χ3n) is 4.18. The molecule has 1 fully saturated rings. The maximum Gasteiger partial charge on any atom is 0.223 e. The molecule has 3 rings (SSSR count). The van der Waals surface area contributed by atoms with Gasteiger partial charge in [0.25, 0.3) is 0 Å². The van der Waals surface area contributed by atoms with Gasteiger partial charge in [0.1, 0.15) is 12.2 Å². The quantitative estimate of drug-likeness (QED) is 0.911. The van der Waals surface area contributed by atoms with Crippen molar-refractivity contribution >= 4 is 5.91 Å². The Morgan fingerprint density at radius 3 is 2.90 bits per heavy atom. The summed E-state index contributed by atoms with van der Waals surface area (Å²) in [6.07, 6.45) is 2.65. The number of aromatic nitrogens is 3. The Balaban J connectivity index is 1.50. The average Bonchev–Trinajstić information content (AvgIpc) is 3.17. The Bertz CT molecular complexity index is 649. The summed E-state index contributed by atoms with van der Waals surface area (Å²) in [5.41, 5.74) is 2.59. The first-order valence-electron chi connectivity index (χ1n) is 7.34. The second kappa shape index (κ2) is 5.68. The lowest BCUT2D eigenvalue weighted by Crippen LogP contribution is -2.29. The second-order valence-electron chi connectivity index (χ2n) is 5.67. The average molecular weight is 284 g/mol. The number of carbonyl (C=O) groups is 1. The van der Waals surface area contributed by atoms with Gasteiger partial charge in [-0.25, -0.2) is 0 Å². The van der Waals surface area contributed by atoms with Crippen molar-refractivity contribution in [1.82, 2.24) is 20.1 Å². The fourth-order valence-electron chi connectivity index (χ4n) is 2.79. The van der Waals surface area contributed by atoms with E-state index < -0.39 is 0 Å². The van der Waals surface area contributed by atoms with Gasteiger partial charge in [-0.1, -0.05) is 24.3 Å². The van der Waals surface area contributed by atoms with Crippen LogP contribution >= 0.6 is 0 Å². The van der Waals surface area contributed by atoms with E-state index in [1.807, 2.05) is 23.6 Å². The van der Waals surface area contributed by atoms with E-state index in [4.69, 9.17) is 0 Å². The van der Waals surface area contributed by atoms with Crippen LogP contribution in [-0.2, 0) is 11.3 Å². The Morgan fingerprint density at radius 2 is 2.19 bits per heavy atom. The highest BCUT2D eigenvalue weighted by Crippen LogP contribution is 2.48. The van der Waals surface area contributed by atoms with E-state index in [2.05, 4.69) is 34.6 Å². The standard InChI is InChI=1S/C16H20N4O/c1-11-5-3-4-6-13(11)14-9-15(14)16(21)17-7-8-20-10-18-19-12(20)2/h3-6,10,14-15H,7-9H2,1-2H3,(H,17,21)/t14-,15-/m1/s1. The van der Waals surface area contributed by atoms with Crippen LogP contribution in [0.5, 0.6) is 0 Å². The van der Waals surface area contributed by atoms with Crippen molar-refractivity contribution in [2.24, 2.45) is 5.92 Å². The van der Waals surface area contributed by atoms with Crippen LogP contribution in [0.25, 0.3) is 0 Å². The number of hydrogen-bond donors (Lipinski definition) is 1. The minimum absolute atomic E-state index is 0.133. The molecule has 1 aliphatic carbocycles. The summed E-state index contributed by atoms with van der Waals surface area (Å²) in [5, 5.41) is 10.8. The molecule has 2 atom stereocenters. The first-order chi connectivity index (χ1) is 10.2. The molecule has 110 valence electrons. The van der Waals surface area contributed by atoms with Gasteiger partial charge < -0.3 is 9.88 Å². The lowest BCUT2D eigenvalue weighted by Gasteiger charge is -2.07. The van der Waals surface area contributed by atoms with Crippen LogP contribution in [0, 0.1) is 19.8 Å². The zero-order valence-electron chi connectivity index (χ0n) is 12.4. The fourth-order valence-corrected chi connectivity index (χ4v) is 2.79. The first-order valence-corrected chi connectivity index (χ1v) is 7.34. The van der Waals surface area contributed by atoms with Crippen LogP contribution in [0.2, 0.25) is 0 Å². The zero-order chi connectivity index (χ0) is 14.8. The third-order valence-corrected chi connectivity index (χ3v) is 4.18. The Kier molecular flexibility index (Phi) is 3.73. The van der Waals surface area contributed by atoms with E-state index in [0.717, 1.165) is 12.2 Å². The van der Waals surface area contributed by atoms with E-state index in [1.165, 1.54) is 11.1 Å². The van der Waals surface area contributed by atoms with Gasteiger partial charge >= 0.3 is 0 Å². The SMILES string of the molecule is Cc1ccccc1[C@H]1C[C@H]1C(=O)NCCn1cnnc1C. The molecule has 0 aliphatic heterocycles. The molecular formula is C16H20N4O. The molecule has 0 spiro atoms. The molecule has 0 bridgehead atoms. The highest BCUT2D eigenvalue weighted by Gasteiger charge is 2.44. The van der Waals surface area contributed by atoms with Crippen molar-refractivity contribution in [3.8, 4) is 0 Å². The number of nitrogens with one attached hydrogen (secondary N) is 1. The van der Waals surface area contributed by atoms with E-state index in [9.17, 15) is 4.79 Å². The summed E-state index contributed by atoms with van der Waals surface area (Å²) in [6, 6.07) is 8.33. The highest BCUT2D eigenvalue weighted by atomic mass is 16.2. The van der Waals surface area contributed by atoms with Gasteiger partial charge in [-0.3, -0.25) is 4.79 Å². The molecule has 2 aromatic rings. The molecule has 1 heterocycles. The van der Waals surface area contributed by atoms with Crippen LogP contribution in [0.4, 0.5) is 0 Å². The Morgan fingerprint density at radius 1 is 1.38 bits per heavy atom. The molecule has 5 heteroatoms. The molecule has 0 unspecified atom stereocenters. The van der Waals surface area contributed by atoms with Gasteiger partial charge in [-0.05, 0) is 37.3 Å². The largest absolute Gasteiger partial charge is 0.354 e. The lowest BCUT2D eigenvalue weighted by atomic mass is 10.0. The van der Waals surface area contributed by atoms with Crippen molar-refractivity contribution in [2.45, 2.75) is 32.7 Å². The molecule has 5 nitrogen and oxygen atoms in total. The number of hydrogen-bond acceptors (Lipinski definition) is 3. The highest BCUT2D eigenvalue weighted by molar-refractivity contribution is 5.83. The van der Waals surface area contributed by atoms with Crippen LogP contribution in [0.1, 0.15) is 29.3 Å². The summed E-state index contributed by atoms with van der Waals surface area (Å²) >= 11 is 0.